The topological polar surface area (TPSA) is 223 Å². The van der Waals surface area contributed by atoms with Gasteiger partial charge in [0.1, 0.15) is 17.3 Å². The highest BCUT2D eigenvalue weighted by Crippen LogP contribution is 2.29. The Hall–Kier alpha value is -2.21. The lowest BCUT2D eigenvalue weighted by atomic mass is 10.2. The molecule has 104 heavy (non-hydrogen) atoms. The Morgan fingerprint density at radius 3 is 1.02 bits per heavy atom. The molecular formula is C71H136Cl2N9O8S4Si10+. The minimum absolute atomic E-state index is 0.0408. The van der Waals surface area contributed by atoms with Crippen LogP contribution in [-0.2, 0) is 35.6 Å². The maximum absolute atomic E-state index is 11.0. The SMILES string of the molecule is C=C[Si](C)(C)O[Si](C)(C)CCSc1ncccn1.CC(=O)CCCC[Si](C)(C)O[Si](C)(C)CCCCC(C)=O.CC(=O)CCCC[Si](C)(C)O[Si](C)(C)CCSc1ncccn1.CC(=O)NCCC[Si](C)(C)Cl.C[Si](C)(Cl)CCSc1ncccn1.S=c1nccc[nH]1.[CH+]=C[Si](C)(C)O[Si](C)(C)C=C. The number of Topliss-reactive ketones (excluding diaryl/α,β-unsaturated/α-hetero) is 3. The van der Waals surface area contributed by atoms with Gasteiger partial charge >= 0.3 is 0 Å². The average molecular weight is 1720 g/mol. The molecule has 590 valence electrons. The van der Waals surface area contributed by atoms with Crippen molar-refractivity contribution in [2.75, 3.05) is 23.8 Å². The molecule has 0 saturated carbocycles. The second-order valence-corrected chi connectivity index (χ2v) is 83.0. The van der Waals surface area contributed by atoms with Gasteiger partial charge in [0.25, 0.3) is 8.32 Å². The second kappa shape index (κ2) is 56.1. The molecule has 0 aromatic carbocycles. The quantitative estimate of drug-likeness (QED) is 0.00800. The van der Waals surface area contributed by atoms with E-state index < -0.39 is 81.3 Å². The maximum atomic E-state index is 11.0. The van der Waals surface area contributed by atoms with E-state index in [1.54, 1.807) is 117 Å². The van der Waals surface area contributed by atoms with Crippen molar-refractivity contribution >= 4 is 174 Å². The summed E-state index contributed by atoms with van der Waals surface area (Å²) in [7, 11) is -15.9. The van der Waals surface area contributed by atoms with E-state index in [9.17, 15) is 19.2 Å². The molecule has 4 aromatic rings. The highest BCUT2D eigenvalue weighted by Gasteiger charge is 2.35. The molecule has 4 heterocycles. The lowest BCUT2D eigenvalue weighted by molar-refractivity contribution is -0.119. The van der Waals surface area contributed by atoms with Crippen LogP contribution in [0.1, 0.15) is 91.9 Å². The first kappa shape index (κ1) is 106. The molecule has 0 radical (unpaired) electrons. The summed E-state index contributed by atoms with van der Waals surface area (Å²) >= 11 is 22.0. The van der Waals surface area contributed by atoms with E-state index >= 15 is 0 Å². The third-order valence-corrected chi connectivity index (χ3v) is 50.3. The van der Waals surface area contributed by atoms with E-state index in [1.807, 2.05) is 29.6 Å². The molecule has 0 saturated heterocycles. The van der Waals surface area contributed by atoms with E-state index in [-0.39, 0.29) is 17.5 Å². The Labute approximate surface area is 669 Å². The van der Waals surface area contributed by atoms with Gasteiger partial charge in [0.05, 0.1) is 0 Å². The van der Waals surface area contributed by atoms with E-state index in [0.717, 1.165) is 127 Å². The Bertz CT molecular complexity index is 2990. The van der Waals surface area contributed by atoms with Crippen molar-refractivity contribution < 1.29 is 35.6 Å². The number of amides is 1. The lowest BCUT2D eigenvalue weighted by Crippen LogP contribution is -2.44. The van der Waals surface area contributed by atoms with Gasteiger partial charge in [0, 0.05) is 93.8 Å². The molecule has 0 fully saturated rings. The molecule has 0 aliphatic carbocycles. The number of carbonyl (C=O) groups is 4. The summed E-state index contributed by atoms with van der Waals surface area (Å²) in [5.41, 5.74) is 5.66. The van der Waals surface area contributed by atoms with Crippen molar-refractivity contribution in [2.24, 2.45) is 0 Å². The summed E-state index contributed by atoms with van der Waals surface area (Å²) in [4.78, 5) is 75.0. The summed E-state index contributed by atoms with van der Waals surface area (Å²) in [6, 6.07) is 15.1. The van der Waals surface area contributed by atoms with Gasteiger partial charge in [-0.25, -0.2) is 34.9 Å². The van der Waals surface area contributed by atoms with Crippen molar-refractivity contribution in [3.05, 3.63) is 115 Å². The monoisotopic (exact) mass is 1720 g/mol. The molecule has 4 rings (SSSR count). The van der Waals surface area contributed by atoms with Crippen molar-refractivity contribution in [2.45, 2.75) is 281 Å². The molecule has 0 bridgehead atoms. The normalized spacial score (nSPS) is 12.0. The Kier molecular flexibility index (Phi) is 57.1. The number of aromatic amines is 1. The summed E-state index contributed by atoms with van der Waals surface area (Å²) < 4.78 is 25.9. The fraction of sp³-hybridized carbons (Fsp3) is 0.634. The van der Waals surface area contributed by atoms with Crippen molar-refractivity contribution in [3.8, 4) is 0 Å². The maximum Gasteiger partial charge on any atom is 0.260 e. The van der Waals surface area contributed by atoms with Crippen LogP contribution in [0.15, 0.2) is 120 Å². The molecule has 17 nitrogen and oxygen atoms in total. The van der Waals surface area contributed by atoms with Gasteiger partial charge in [-0.3, -0.25) is 4.79 Å². The molecule has 0 aliphatic rings. The molecule has 0 aliphatic heterocycles. The predicted molar refractivity (Wildman–Crippen MR) is 478 cm³/mol. The van der Waals surface area contributed by atoms with Gasteiger partial charge in [0.2, 0.25) is 5.91 Å². The number of unbranched alkanes of at least 4 members (excludes halogenated alkanes) is 3. The number of H-pyrrole nitrogens is 1. The standard InChI is InChI=1S/C16H30N2O2SSi2.C16H34O3Si2.C12H22N2OSSi2.C8H13ClN2SSi.C8H17OSi2.C7H16ClNOSi.C4H4N2S/c1-15(19)9-6-7-13-22(2,3)20-23(4,5)14-12-21-16-17-10-8-11-18-16;1-15(17)11-7-9-13-20(3,4)19-21(5,6)14-10-8-12-16(2)18;1-6-17(2,3)15-18(4,5)11-10-16-12-13-8-7-9-14-12;1-13(2,9)7-6-12-8-10-4-3-5-11-8;1-7-10(3,4)9-11(5,6)8-2;1-7(10)9-5-4-6-11(2,3)8;7-4-5-2-1-3-6-4/h8,10-11H,6-7,9,12-14H2,1-5H3;7-14H2,1-6H3;6-9H,1,10-11H2,2-5H3;3-5H,6-7H2,1-2H3;1,7-8H,2H2,3-6H3;4-6H2,1-3H3,(H,9,10);1-3H,(H,5,6,7)/q;;;;+1;;. The molecule has 0 atom stereocenters. The zero-order valence-electron chi connectivity index (χ0n) is 68.3. The molecule has 1 amide bonds. The third-order valence-electron chi connectivity index (χ3n) is 14.6. The second-order valence-electron chi connectivity index (χ2n) is 31.3. The Morgan fingerprint density at radius 1 is 0.442 bits per heavy atom. The van der Waals surface area contributed by atoms with E-state index in [1.165, 1.54) is 6.92 Å². The van der Waals surface area contributed by atoms with Crippen LogP contribution >= 0.6 is 69.7 Å². The number of nitrogens with zero attached hydrogens (tertiary/aromatic N) is 7. The van der Waals surface area contributed by atoms with Gasteiger partial charge in [-0.1, -0.05) is 92.1 Å². The van der Waals surface area contributed by atoms with Crippen LogP contribution in [0.3, 0.4) is 0 Å². The summed E-state index contributed by atoms with van der Waals surface area (Å²) in [5.74, 6) is 3.96. The number of hydrogen-bond acceptors (Lipinski definition) is 19. The number of halogens is 2. The van der Waals surface area contributed by atoms with E-state index in [4.69, 9.17) is 45.2 Å². The first-order valence-corrected chi connectivity index (χ1v) is 72.6. The molecule has 33 heteroatoms. The largest absolute Gasteiger partial charge is 0.455 e. The van der Waals surface area contributed by atoms with Crippen molar-refractivity contribution in [3.63, 3.8) is 0 Å². The fourth-order valence-electron chi connectivity index (χ4n) is 9.36. The molecule has 4 aromatic heterocycles. The number of nitrogens with one attached hydrogen (secondary N) is 2. The van der Waals surface area contributed by atoms with Gasteiger partial charge < -0.3 is 41.1 Å². The fourth-order valence-corrected chi connectivity index (χ4v) is 49.4. The first-order chi connectivity index (χ1) is 47.8. The number of thioether (sulfide) groups is 3. The number of rotatable bonds is 42. The molecular weight excluding hydrogens is 1590 g/mol. The van der Waals surface area contributed by atoms with Gasteiger partial charge in [-0.15, -0.1) is 13.2 Å². The van der Waals surface area contributed by atoms with E-state index in [2.05, 4.69) is 202 Å². The van der Waals surface area contributed by atoms with Crippen LogP contribution in [0.2, 0.25) is 173 Å². The lowest BCUT2D eigenvalue weighted by Gasteiger charge is -2.34. The molecule has 0 unspecified atom stereocenters. The average Bonchev–Trinajstić information content (AvgIpc) is 0.885. The van der Waals surface area contributed by atoms with Gasteiger partial charge in [-0.05, 0) is 236 Å². The minimum atomic E-state index is -1.69. The van der Waals surface area contributed by atoms with E-state index in [0.29, 0.717) is 29.8 Å². The zero-order chi connectivity index (χ0) is 80.4. The van der Waals surface area contributed by atoms with Gasteiger partial charge in [0.15, 0.2) is 106 Å². The van der Waals surface area contributed by atoms with Crippen LogP contribution in [0.5, 0.6) is 0 Å². The highest BCUT2D eigenvalue weighted by molar-refractivity contribution is 7.99. The summed E-state index contributed by atoms with van der Waals surface area (Å²) in [6.45, 7) is 64.7. The van der Waals surface area contributed by atoms with Crippen molar-refractivity contribution in [1.29, 1.82) is 0 Å². The molecule has 0 spiro atoms. The Balaban J connectivity index is -0.00000118. The Morgan fingerprint density at radius 2 is 0.750 bits per heavy atom. The molecule has 2 N–H and O–H groups in total. The van der Waals surface area contributed by atoms with Crippen LogP contribution in [0.25, 0.3) is 0 Å². The predicted octanol–water partition coefficient (Wildman–Crippen LogP) is 22.2. The third kappa shape index (κ3) is 72.6. The number of hydrogen-bond donors (Lipinski definition) is 2. The minimum Gasteiger partial charge on any atom is -0.455 e. The highest BCUT2D eigenvalue weighted by atomic mass is 35.6. The summed E-state index contributed by atoms with van der Waals surface area (Å²) in [6.07, 6.45) is 23.5. The number of aromatic nitrogens is 8. The van der Waals surface area contributed by atoms with Crippen LogP contribution < -0.4 is 5.32 Å². The number of ketones is 3. The summed E-state index contributed by atoms with van der Waals surface area (Å²) in [5, 5.41) is 5.28. The van der Waals surface area contributed by atoms with Crippen molar-refractivity contribution in [1.82, 2.24) is 45.2 Å². The smallest absolute Gasteiger partial charge is 0.260 e. The first-order valence-electron chi connectivity index (χ1n) is 36.2. The van der Waals surface area contributed by atoms with Crippen LogP contribution in [0, 0.1) is 11.4 Å². The number of carbonyl (C=O) groups excluding carboxylic acids is 4. The zero-order valence-corrected chi connectivity index (χ0v) is 83.1. The van der Waals surface area contributed by atoms with Crippen LogP contribution in [0.4, 0.5) is 0 Å². The van der Waals surface area contributed by atoms with Gasteiger partial charge in [-0.2, -0.15) is 22.2 Å². The van der Waals surface area contributed by atoms with Crippen LogP contribution in [-0.4, -0.2) is 168 Å².